The van der Waals surface area contributed by atoms with E-state index in [2.05, 4.69) is 30.1 Å². The number of rotatable bonds is 3. The van der Waals surface area contributed by atoms with Gasteiger partial charge in [0.05, 0.1) is 12.6 Å². The van der Waals surface area contributed by atoms with Crippen LogP contribution in [0, 0.1) is 0 Å². The van der Waals surface area contributed by atoms with Gasteiger partial charge in [-0.1, -0.05) is 18.2 Å². The summed E-state index contributed by atoms with van der Waals surface area (Å²) in [4.78, 5) is 2.30. The third-order valence-corrected chi connectivity index (χ3v) is 3.26. The normalized spacial score (nSPS) is 22.1. The van der Waals surface area contributed by atoms with Gasteiger partial charge in [-0.15, -0.1) is 0 Å². The molecule has 0 aliphatic carbocycles. The zero-order valence-corrected chi connectivity index (χ0v) is 10.0. The lowest BCUT2D eigenvalue weighted by Gasteiger charge is -2.28. The molecule has 0 radical (unpaired) electrons. The zero-order chi connectivity index (χ0) is 11.5. The Hall–Kier alpha value is -1.06. The average molecular weight is 220 g/mol. The van der Waals surface area contributed by atoms with Crippen molar-refractivity contribution < 1.29 is 4.74 Å². The maximum absolute atomic E-state index is 5.99. The number of ether oxygens (including phenoxy) is 1. The molecule has 1 aromatic carbocycles. The van der Waals surface area contributed by atoms with Gasteiger partial charge < -0.3 is 15.4 Å². The molecule has 1 aliphatic rings. The topological polar surface area (TPSA) is 38.5 Å². The summed E-state index contributed by atoms with van der Waals surface area (Å²) in [5, 5.41) is 0. The monoisotopic (exact) mass is 220 g/mol. The van der Waals surface area contributed by atoms with E-state index in [9.17, 15) is 0 Å². The van der Waals surface area contributed by atoms with Gasteiger partial charge in [-0.2, -0.15) is 0 Å². The maximum Gasteiger partial charge on any atom is 0.0670 e. The van der Waals surface area contributed by atoms with Gasteiger partial charge in [0.15, 0.2) is 0 Å². The molecule has 3 nitrogen and oxygen atoms in total. The van der Waals surface area contributed by atoms with E-state index < -0.39 is 0 Å². The van der Waals surface area contributed by atoms with Crippen LogP contribution in [0.15, 0.2) is 24.3 Å². The van der Waals surface area contributed by atoms with Crippen LogP contribution in [0.1, 0.15) is 24.9 Å². The number of hydrogen-bond donors (Lipinski definition) is 1. The lowest BCUT2D eigenvalue weighted by Crippen LogP contribution is -2.33. The van der Waals surface area contributed by atoms with Crippen molar-refractivity contribution in [2.45, 2.75) is 25.4 Å². The van der Waals surface area contributed by atoms with Crippen LogP contribution in [0.5, 0.6) is 0 Å². The smallest absolute Gasteiger partial charge is 0.0670 e. The third-order valence-electron chi connectivity index (χ3n) is 3.26. The molecule has 2 rings (SSSR count). The van der Waals surface area contributed by atoms with Crippen LogP contribution >= 0.6 is 0 Å². The van der Waals surface area contributed by atoms with Gasteiger partial charge in [-0.25, -0.2) is 0 Å². The molecule has 1 aromatic rings. The minimum absolute atomic E-state index is 0.0703. The van der Waals surface area contributed by atoms with Crippen LogP contribution in [0.4, 0.5) is 5.69 Å². The number of para-hydroxylation sites is 1. The number of nitrogens with zero attached hydrogens (tertiary/aromatic N) is 1. The summed E-state index contributed by atoms with van der Waals surface area (Å²) in [5.74, 6) is 0. The molecule has 2 unspecified atom stereocenters. The lowest BCUT2D eigenvalue weighted by molar-refractivity contribution is 0.193. The highest BCUT2D eigenvalue weighted by Crippen LogP contribution is 2.27. The highest BCUT2D eigenvalue weighted by Gasteiger charge is 2.22. The van der Waals surface area contributed by atoms with Gasteiger partial charge in [-0.05, 0) is 25.0 Å². The summed E-state index contributed by atoms with van der Waals surface area (Å²) in [6.07, 6.45) is 1.10. The zero-order valence-electron chi connectivity index (χ0n) is 10.0. The minimum atomic E-state index is 0.0703. The molecule has 1 fully saturated rings. The second-order valence-electron chi connectivity index (χ2n) is 4.48. The van der Waals surface area contributed by atoms with Crippen LogP contribution < -0.4 is 10.6 Å². The summed E-state index contributed by atoms with van der Waals surface area (Å²) >= 11 is 0. The fourth-order valence-electron chi connectivity index (χ4n) is 2.22. The number of likely N-dealkylation sites (N-methyl/N-ethyl adjacent to an activating group) is 1. The number of nitrogens with two attached hydrogens (primary N) is 1. The SMILES string of the molecule is CC(N)c1ccccc1N(C)C1CCOC1. The summed E-state index contributed by atoms with van der Waals surface area (Å²) in [5.41, 5.74) is 8.43. The van der Waals surface area contributed by atoms with E-state index in [1.54, 1.807) is 0 Å². The molecule has 3 heteroatoms. The number of hydrogen-bond acceptors (Lipinski definition) is 3. The molecule has 88 valence electrons. The molecule has 1 saturated heterocycles. The highest BCUT2D eigenvalue weighted by molar-refractivity contribution is 5.55. The Morgan fingerprint density at radius 3 is 2.81 bits per heavy atom. The average Bonchev–Trinajstić information content (AvgIpc) is 2.81. The van der Waals surface area contributed by atoms with Crippen molar-refractivity contribution in [3.05, 3.63) is 29.8 Å². The van der Waals surface area contributed by atoms with Gasteiger partial charge in [0.25, 0.3) is 0 Å². The third kappa shape index (κ3) is 2.20. The van der Waals surface area contributed by atoms with E-state index >= 15 is 0 Å². The first kappa shape index (κ1) is 11.4. The van der Waals surface area contributed by atoms with Crippen LogP contribution in [0.25, 0.3) is 0 Å². The van der Waals surface area contributed by atoms with Crippen LogP contribution in [-0.4, -0.2) is 26.3 Å². The first-order valence-electron chi connectivity index (χ1n) is 5.85. The van der Waals surface area contributed by atoms with Crippen molar-refractivity contribution in [3.8, 4) is 0 Å². The van der Waals surface area contributed by atoms with Crippen molar-refractivity contribution in [2.24, 2.45) is 5.73 Å². The predicted octanol–water partition coefficient (Wildman–Crippen LogP) is 1.93. The molecule has 2 N–H and O–H groups in total. The molecule has 0 amide bonds. The summed E-state index contributed by atoms with van der Waals surface area (Å²) < 4.78 is 5.43. The van der Waals surface area contributed by atoms with Crippen molar-refractivity contribution in [3.63, 3.8) is 0 Å². The Bertz CT molecular complexity index is 346. The molecule has 0 aromatic heterocycles. The molecule has 0 spiro atoms. The fourth-order valence-corrected chi connectivity index (χ4v) is 2.22. The molecule has 0 saturated carbocycles. The Labute approximate surface area is 97.2 Å². The van der Waals surface area contributed by atoms with E-state index in [1.165, 1.54) is 11.3 Å². The van der Waals surface area contributed by atoms with Gasteiger partial charge >= 0.3 is 0 Å². The number of benzene rings is 1. The van der Waals surface area contributed by atoms with Gasteiger partial charge in [0.1, 0.15) is 0 Å². The first-order valence-corrected chi connectivity index (χ1v) is 5.85. The van der Waals surface area contributed by atoms with Gasteiger partial charge in [0.2, 0.25) is 0 Å². The molecular weight excluding hydrogens is 200 g/mol. The summed E-state index contributed by atoms with van der Waals surface area (Å²) in [7, 11) is 2.13. The quantitative estimate of drug-likeness (QED) is 0.846. The second-order valence-corrected chi connectivity index (χ2v) is 4.48. The van der Waals surface area contributed by atoms with E-state index in [1.807, 2.05) is 13.0 Å². The van der Waals surface area contributed by atoms with E-state index in [-0.39, 0.29) is 6.04 Å². The summed E-state index contributed by atoms with van der Waals surface area (Å²) in [6.45, 7) is 3.72. The molecule has 1 aliphatic heterocycles. The molecule has 1 heterocycles. The minimum Gasteiger partial charge on any atom is -0.379 e. The second kappa shape index (κ2) is 4.85. The largest absolute Gasteiger partial charge is 0.379 e. The Kier molecular flexibility index (Phi) is 3.46. The fraction of sp³-hybridized carbons (Fsp3) is 0.538. The molecule has 16 heavy (non-hydrogen) atoms. The van der Waals surface area contributed by atoms with Crippen molar-refractivity contribution in [1.29, 1.82) is 0 Å². The van der Waals surface area contributed by atoms with Gasteiger partial charge in [0, 0.05) is 25.4 Å². The van der Waals surface area contributed by atoms with Crippen LogP contribution in [0.2, 0.25) is 0 Å². The Morgan fingerprint density at radius 1 is 1.44 bits per heavy atom. The van der Waals surface area contributed by atoms with Crippen LogP contribution in [-0.2, 0) is 4.74 Å². The Morgan fingerprint density at radius 2 is 2.19 bits per heavy atom. The maximum atomic E-state index is 5.99. The standard InChI is InChI=1S/C13H20N2O/c1-10(14)12-5-3-4-6-13(12)15(2)11-7-8-16-9-11/h3-6,10-11H,7-9,14H2,1-2H3. The van der Waals surface area contributed by atoms with Crippen molar-refractivity contribution in [1.82, 2.24) is 0 Å². The van der Waals surface area contributed by atoms with Crippen molar-refractivity contribution in [2.75, 3.05) is 25.2 Å². The lowest BCUT2D eigenvalue weighted by atomic mass is 10.0. The highest BCUT2D eigenvalue weighted by atomic mass is 16.5. The van der Waals surface area contributed by atoms with E-state index in [0.717, 1.165) is 19.6 Å². The van der Waals surface area contributed by atoms with Crippen molar-refractivity contribution >= 4 is 5.69 Å². The molecule has 0 bridgehead atoms. The van der Waals surface area contributed by atoms with E-state index in [4.69, 9.17) is 10.5 Å². The summed E-state index contributed by atoms with van der Waals surface area (Å²) in [6, 6.07) is 8.90. The van der Waals surface area contributed by atoms with Gasteiger partial charge in [-0.3, -0.25) is 0 Å². The molecular formula is C13H20N2O. The number of anilines is 1. The molecule has 2 atom stereocenters. The van der Waals surface area contributed by atoms with Crippen LogP contribution in [0.3, 0.4) is 0 Å². The van der Waals surface area contributed by atoms with E-state index in [0.29, 0.717) is 6.04 Å². The Balaban J connectivity index is 2.24. The first-order chi connectivity index (χ1) is 7.70. The predicted molar refractivity (Wildman–Crippen MR) is 66.7 cm³/mol.